The molecule has 120 valence electrons. The van der Waals surface area contributed by atoms with E-state index < -0.39 is 15.2 Å². The van der Waals surface area contributed by atoms with E-state index in [0.717, 1.165) is 11.3 Å². The smallest absolute Gasteiger partial charge is 0.223 e. The monoisotopic (exact) mass is 339 g/mol. The number of hydrogen-bond acceptors (Lipinski definition) is 4. The largest absolute Gasteiger partial charge is 0.324 e. The van der Waals surface area contributed by atoms with Gasteiger partial charge >= 0.3 is 0 Å². The van der Waals surface area contributed by atoms with Crippen LogP contribution in [0.3, 0.4) is 0 Å². The molecule has 1 aliphatic rings. The first kappa shape index (κ1) is 17.1. The van der Waals surface area contributed by atoms with Crippen LogP contribution in [0.15, 0.2) is 36.4 Å². The number of amides is 1. The molecule has 1 aliphatic heterocycles. The summed E-state index contributed by atoms with van der Waals surface area (Å²) in [6.45, 7) is 0.517. The maximum Gasteiger partial charge on any atom is 0.223 e. The Hall–Kier alpha value is -1.27. The van der Waals surface area contributed by atoms with E-state index in [1.807, 2.05) is 42.5 Å². The quantitative estimate of drug-likeness (QED) is 0.827. The number of nitrogens with zero attached hydrogens (tertiary/aromatic N) is 1. The average Bonchev–Trinajstić information content (AvgIpc) is 2.51. The molecule has 0 N–H and O–H groups in total. The SMILES string of the molecule is CS(=O)(=O)C1CSCCN1C(=O)CC/C=C/c1ccccc1. The number of carbonyl (C=O) groups is 1. The Balaban J connectivity index is 1.89. The highest BCUT2D eigenvalue weighted by Gasteiger charge is 2.33. The van der Waals surface area contributed by atoms with Crippen molar-refractivity contribution >= 4 is 33.6 Å². The summed E-state index contributed by atoms with van der Waals surface area (Å²) in [5.41, 5.74) is 1.10. The molecule has 1 aromatic carbocycles. The molecule has 1 aromatic rings. The molecule has 1 amide bonds. The third-order valence-corrected chi connectivity index (χ3v) is 6.18. The Morgan fingerprint density at radius 2 is 2.09 bits per heavy atom. The van der Waals surface area contributed by atoms with Crippen molar-refractivity contribution in [3.63, 3.8) is 0 Å². The summed E-state index contributed by atoms with van der Waals surface area (Å²) in [5.74, 6) is 1.20. The molecule has 0 bridgehead atoms. The standard InChI is InChI=1S/C16H21NO3S2/c1-22(19,20)16-13-21-12-11-17(16)15(18)10-6-5-9-14-7-3-2-4-8-14/h2-5,7-9,16H,6,10-13H2,1H3/b9-5+. The number of carbonyl (C=O) groups excluding carboxylic acids is 1. The average molecular weight is 339 g/mol. The summed E-state index contributed by atoms with van der Waals surface area (Å²) in [6.07, 6.45) is 6.11. The van der Waals surface area contributed by atoms with Gasteiger partial charge in [-0.1, -0.05) is 42.5 Å². The molecule has 1 saturated heterocycles. The highest BCUT2D eigenvalue weighted by atomic mass is 32.2. The summed E-state index contributed by atoms with van der Waals surface area (Å²) >= 11 is 1.59. The maximum absolute atomic E-state index is 12.3. The van der Waals surface area contributed by atoms with Crippen LogP contribution in [0, 0.1) is 0 Å². The fourth-order valence-corrected chi connectivity index (χ4v) is 5.19. The van der Waals surface area contributed by atoms with E-state index in [1.165, 1.54) is 11.2 Å². The zero-order chi connectivity index (χ0) is 16.0. The van der Waals surface area contributed by atoms with Crippen molar-refractivity contribution in [2.45, 2.75) is 18.2 Å². The van der Waals surface area contributed by atoms with Crippen LogP contribution in [0.5, 0.6) is 0 Å². The van der Waals surface area contributed by atoms with Crippen molar-refractivity contribution in [3.8, 4) is 0 Å². The lowest BCUT2D eigenvalue weighted by molar-refractivity contribution is -0.131. The van der Waals surface area contributed by atoms with Gasteiger partial charge in [-0.2, -0.15) is 11.8 Å². The third-order valence-electron chi connectivity index (χ3n) is 3.53. The first-order valence-corrected chi connectivity index (χ1v) is 10.4. The Labute approximate surface area is 136 Å². The molecule has 1 atom stereocenters. The van der Waals surface area contributed by atoms with Crippen LogP contribution in [0.1, 0.15) is 18.4 Å². The third kappa shape index (κ3) is 4.88. The second kappa shape index (κ2) is 7.83. The highest BCUT2D eigenvalue weighted by Crippen LogP contribution is 2.21. The second-order valence-electron chi connectivity index (χ2n) is 5.30. The molecule has 0 aliphatic carbocycles. The van der Waals surface area contributed by atoms with Gasteiger partial charge < -0.3 is 4.90 Å². The van der Waals surface area contributed by atoms with Gasteiger partial charge in [0.1, 0.15) is 5.37 Å². The van der Waals surface area contributed by atoms with Gasteiger partial charge in [-0.05, 0) is 12.0 Å². The van der Waals surface area contributed by atoms with Crippen LogP contribution in [-0.2, 0) is 14.6 Å². The molecule has 1 fully saturated rings. The molecule has 0 radical (unpaired) electrons. The van der Waals surface area contributed by atoms with Crippen molar-refractivity contribution in [1.82, 2.24) is 4.90 Å². The summed E-state index contributed by atoms with van der Waals surface area (Å²) in [5, 5.41) is -0.670. The van der Waals surface area contributed by atoms with Gasteiger partial charge in [0.2, 0.25) is 5.91 Å². The topological polar surface area (TPSA) is 54.5 Å². The molecule has 22 heavy (non-hydrogen) atoms. The van der Waals surface area contributed by atoms with Gasteiger partial charge in [-0.25, -0.2) is 8.42 Å². The number of sulfone groups is 1. The van der Waals surface area contributed by atoms with Crippen molar-refractivity contribution in [2.75, 3.05) is 24.3 Å². The number of hydrogen-bond donors (Lipinski definition) is 0. The normalized spacial score (nSPS) is 19.5. The van der Waals surface area contributed by atoms with E-state index in [9.17, 15) is 13.2 Å². The molecule has 6 heteroatoms. The van der Waals surface area contributed by atoms with Crippen LogP contribution in [0.4, 0.5) is 0 Å². The maximum atomic E-state index is 12.3. The van der Waals surface area contributed by atoms with E-state index in [1.54, 1.807) is 11.8 Å². The van der Waals surface area contributed by atoms with Gasteiger partial charge in [-0.3, -0.25) is 4.79 Å². The fraction of sp³-hybridized carbons (Fsp3) is 0.438. The Bertz CT molecular complexity index is 626. The number of thioether (sulfide) groups is 1. The second-order valence-corrected chi connectivity index (χ2v) is 8.65. The minimum Gasteiger partial charge on any atom is -0.324 e. The first-order chi connectivity index (χ1) is 10.5. The van der Waals surface area contributed by atoms with Crippen molar-refractivity contribution in [2.24, 2.45) is 0 Å². The Kier molecular flexibility index (Phi) is 6.08. The van der Waals surface area contributed by atoms with Gasteiger partial charge in [0.15, 0.2) is 9.84 Å². The summed E-state index contributed by atoms with van der Waals surface area (Å²) in [6, 6.07) is 9.89. The van der Waals surface area contributed by atoms with E-state index >= 15 is 0 Å². The number of allylic oxidation sites excluding steroid dienone is 1. The Morgan fingerprint density at radius 1 is 1.36 bits per heavy atom. The van der Waals surface area contributed by atoms with Crippen LogP contribution < -0.4 is 0 Å². The van der Waals surface area contributed by atoms with Crippen molar-refractivity contribution in [1.29, 1.82) is 0 Å². The molecule has 0 aromatic heterocycles. The highest BCUT2D eigenvalue weighted by molar-refractivity contribution is 8.00. The van der Waals surface area contributed by atoms with Crippen molar-refractivity contribution in [3.05, 3.63) is 42.0 Å². The van der Waals surface area contributed by atoms with E-state index in [2.05, 4.69) is 0 Å². The molecule has 1 heterocycles. The van der Waals surface area contributed by atoms with E-state index in [0.29, 0.717) is 25.1 Å². The first-order valence-electron chi connectivity index (χ1n) is 7.26. The van der Waals surface area contributed by atoms with Crippen molar-refractivity contribution < 1.29 is 13.2 Å². The van der Waals surface area contributed by atoms with Crippen LogP contribution in [-0.4, -0.2) is 48.9 Å². The van der Waals surface area contributed by atoms with Gasteiger partial charge in [0.05, 0.1) is 0 Å². The van der Waals surface area contributed by atoms with Gasteiger partial charge in [0.25, 0.3) is 0 Å². The van der Waals surface area contributed by atoms with E-state index in [4.69, 9.17) is 0 Å². The molecule has 0 saturated carbocycles. The lowest BCUT2D eigenvalue weighted by Crippen LogP contribution is -2.49. The molecule has 2 rings (SSSR count). The predicted octanol–water partition coefficient (Wildman–Crippen LogP) is 2.43. The summed E-state index contributed by atoms with van der Waals surface area (Å²) < 4.78 is 23.6. The van der Waals surface area contributed by atoms with Crippen LogP contribution in [0.2, 0.25) is 0 Å². The predicted molar refractivity (Wildman–Crippen MR) is 92.4 cm³/mol. The minimum absolute atomic E-state index is 0.0755. The van der Waals surface area contributed by atoms with Crippen LogP contribution >= 0.6 is 11.8 Å². The Morgan fingerprint density at radius 3 is 2.77 bits per heavy atom. The molecular formula is C16H21NO3S2. The number of rotatable bonds is 5. The zero-order valence-corrected chi connectivity index (χ0v) is 14.3. The summed E-state index contributed by atoms with van der Waals surface area (Å²) in [7, 11) is -3.23. The zero-order valence-electron chi connectivity index (χ0n) is 12.6. The van der Waals surface area contributed by atoms with Gasteiger partial charge in [0, 0.05) is 30.7 Å². The minimum atomic E-state index is -3.23. The molecule has 4 nitrogen and oxygen atoms in total. The lowest BCUT2D eigenvalue weighted by atomic mass is 10.2. The molecular weight excluding hydrogens is 318 g/mol. The molecule has 1 unspecified atom stereocenters. The fourth-order valence-electron chi connectivity index (χ4n) is 2.36. The van der Waals surface area contributed by atoms with Crippen LogP contribution in [0.25, 0.3) is 6.08 Å². The summed E-state index contributed by atoms with van der Waals surface area (Å²) in [4.78, 5) is 13.8. The lowest BCUT2D eigenvalue weighted by Gasteiger charge is -2.34. The molecule has 0 spiro atoms. The number of benzene rings is 1. The van der Waals surface area contributed by atoms with E-state index in [-0.39, 0.29) is 5.91 Å². The van der Waals surface area contributed by atoms with Gasteiger partial charge in [-0.15, -0.1) is 0 Å².